The predicted molar refractivity (Wildman–Crippen MR) is 76.9 cm³/mol. The van der Waals surface area contributed by atoms with Crippen molar-refractivity contribution in [1.82, 2.24) is 4.98 Å². The van der Waals surface area contributed by atoms with E-state index in [1.165, 1.54) is 10.7 Å². The minimum atomic E-state index is 0.169. The van der Waals surface area contributed by atoms with Gasteiger partial charge in [0.1, 0.15) is 5.01 Å². The molecule has 0 aliphatic carbocycles. The molecule has 1 aromatic heterocycles. The van der Waals surface area contributed by atoms with Crippen LogP contribution in [-0.4, -0.2) is 16.6 Å². The fourth-order valence-electron chi connectivity index (χ4n) is 1.11. The Morgan fingerprint density at radius 1 is 1.50 bits per heavy atom. The fraction of sp³-hybridized carbons (Fsp3) is 0.750. The van der Waals surface area contributed by atoms with E-state index in [1.807, 2.05) is 11.8 Å². The number of nitrogens with zero attached hydrogens (tertiary/aromatic N) is 1. The molecule has 1 heterocycles. The highest BCUT2D eigenvalue weighted by Gasteiger charge is 2.17. The van der Waals surface area contributed by atoms with Gasteiger partial charge in [0.2, 0.25) is 0 Å². The van der Waals surface area contributed by atoms with Gasteiger partial charge in [-0.15, -0.1) is 22.9 Å². The molecule has 16 heavy (non-hydrogen) atoms. The quantitative estimate of drug-likeness (QED) is 0.733. The summed E-state index contributed by atoms with van der Waals surface area (Å²) in [5.41, 5.74) is 1.38. The van der Waals surface area contributed by atoms with E-state index in [0.717, 1.165) is 17.4 Å². The van der Waals surface area contributed by atoms with Gasteiger partial charge in [0, 0.05) is 22.4 Å². The van der Waals surface area contributed by atoms with Crippen LogP contribution in [0.4, 0.5) is 0 Å². The minimum absolute atomic E-state index is 0.169. The van der Waals surface area contributed by atoms with Crippen molar-refractivity contribution in [2.45, 2.75) is 38.9 Å². The van der Waals surface area contributed by atoms with Crippen molar-refractivity contribution in [3.8, 4) is 0 Å². The fourth-order valence-corrected chi connectivity index (χ4v) is 3.56. The molecule has 0 amide bonds. The first-order valence-electron chi connectivity index (χ1n) is 5.52. The highest BCUT2D eigenvalue weighted by molar-refractivity contribution is 7.98. The number of thioether (sulfide) groups is 1. The molecule has 0 radical (unpaired) electrons. The molecule has 0 aliphatic rings. The zero-order chi connectivity index (χ0) is 12.2. The Kier molecular flexibility index (Phi) is 5.62. The molecule has 1 nitrogen and oxygen atoms in total. The van der Waals surface area contributed by atoms with Gasteiger partial charge in [-0.1, -0.05) is 27.7 Å². The van der Waals surface area contributed by atoms with Crippen LogP contribution in [0, 0.1) is 5.92 Å². The van der Waals surface area contributed by atoms with Crippen LogP contribution in [-0.2, 0) is 11.2 Å². The molecule has 1 rings (SSSR count). The summed E-state index contributed by atoms with van der Waals surface area (Å²) in [7, 11) is 0. The molecule has 0 fully saturated rings. The van der Waals surface area contributed by atoms with Gasteiger partial charge in [-0.2, -0.15) is 11.8 Å². The van der Waals surface area contributed by atoms with Crippen molar-refractivity contribution in [2.75, 3.05) is 11.6 Å². The van der Waals surface area contributed by atoms with Crippen LogP contribution in [0.15, 0.2) is 5.38 Å². The molecule has 0 spiro atoms. The third-order valence-electron chi connectivity index (χ3n) is 2.21. The van der Waals surface area contributed by atoms with E-state index in [-0.39, 0.29) is 5.41 Å². The van der Waals surface area contributed by atoms with Gasteiger partial charge < -0.3 is 0 Å². The maximum atomic E-state index is 5.77. The molecule has 4 heteroatoms. The number of halogens is 1. The lowest BCUT2D eigenvalue weighted by atomic mass is 9.93. The maximum Gasteiger partial charge on any atom is 0.103 e. The monoisotopic (exact) mass is 277 g/mol. The van der Waals surface area contributed by atoms with Crippen molar-refractivity contribution >= 4 is 34.7 Å². The lowest BCUT2D eigenvalue weighted by Gasteiger charge is -2.14. The summed E-state index contributed by atoms with van der Waals surface area (Å²) in [6.45, 7) is 8.79. The van der Waals surface area contributed by atoms with Gasteiger partial charge in [0.15, 0.2) is 0 Å². The van der Waals surface area contributed by atoms with Crippen LogP contribution in [0.5, 0.6) is 0 Å². The van der Waals surface area contributed by atoms with E-state index >= 15 is 0 Å². The maximum absolute atomic E-state index is 5.77. The van der Waals surface area contributed by atoms with Crippen LogP contribution in [0.3, 0.4) is 0 Å². The topological polar surface area (TPSA) is 12.9 Å². The SMILES string of the molecule is CC(CCl)CSCc1nc(C(C)(C)C)cs1. The minimum Gasteiger partial charge on any atom is -0.245 e. The summed E-state index contributed by atoms with van der Waals surface area (Å²) in [5.74, 6) is 3.47. The summed E-state index contributed by atoms with van der Waals surface area (Å²) >= 11 is 9.47. The molecule has 0 saturated carbocycles. The number of alkyl halides is 1. The van der Waals surface area contributed by atoms with Crippen LogP contribution in [0.1, 0.15) is 38.4 Å². The van der Waals surface area contributed by atoms with E-state index in [1.54, 1.807) is 11.3 Å². The number of rotatable bonds is 5. The first-order chi connectivity index (χ1) is 7.43. The second-order valence-electron chi connectivity index (χ2n) is 5.15. The van der Waals surface area contributed by atoms with E-state index in [9.17, 15) is 0 Å². The number of hydrogen-bond acceptors (Lipinski definition) is 3. The van der Waals surface area contributed by atoms with Gasteiger partial charge in [-0.25, -0.2) is 4.98 Å². The summed E-state index contributed by atoms with van der Waals surface area (Å²) in [4.78, 5) is 4.67. The first kappa shape index (κ1) is 14.3. The van der Waals surface area contributed by atoms with E-state index in [0.29, 0.717) is 5.92 Å². The van der Waals surface area contributed by atoms with E-state index < -0.39 is 0 Å². The lowest BCUT2D eigenvalue weighted by molar-refractivity contribution is 0.571. The summed E-state index contributed by atoms with van der Waals surface area (Å²) in [6.07, 6.45) is 0. The molecular formula is C12H20ClNS2. The van der Waals surface area contributed by atoms with Crippen LogP contribution in [0.2, 0.25) is 0 Å². The van der Waals surface area contributed by atoms with Crippen molar-refractivity contribution in [1.29, 1.82) is 0 Å². The Bertz CT molecular complexity index is 317. The zero-order valence-electron chi connectivity index (χ0n) is 10.4. The molecule has 92 valence electrons. The average molecular weight is 278 g/mol. The molecule has 0 N–H and O–H groups in total. The van der Waals surface area contributed by atoms with Crippen LogP contribution >= 0.6 is 34.7 Å². The van der Waals surface area contributed by atoms with Crippen molar-refractivity contribution in [3.63, 3.8) is 0 Å². The molecule has 0 aliphatic heterocycles. The molecule has 0 aromatic carbocycles. The highest BCUT2D eigenvalue weighted by Crippen LogP contribution is 2.26. The standard InChI is InChI=1S/C12H20ClNS2/c1-9(5-13)6-15-8-11-14-10(7-16-11)12(2,3)4/h7,9H,5-6,8H2,1-4H3. The molecule has 0 bridgehead atoms. The Morgan fingerprint density at radius 3 is 2.69 bits per heavy atom. The average Bonchev–Trinajstić information content (AvgIpc) is 2.65. The Morgan fingerprint density at radius 2 is 2.19 bits per heavy atom. The number of thiazole rings is 1. The third kappa shape index (κ3) is 4.64. The van der Waals surface area contributed by atoms with Gasteiger partial charge in [0.25, 0.3) is 0 Å². The van der Waals surface area contributed by atoms with Gasteiger partial charge >= 0.3 is 0 Å². The highest BCUT2D eigenvalue weighted by atomic mass is 35.5. The lowest BCUT2D eigenvalue weighted by Crippen LogP contribution is -2.11. The largest absolute Gasteiger partial charge is 0.245 e. The summed E-state index contributed by atoms with van der Waals surface area (Å²) < 4.78 is 0. The van der Waals surface area contributed by atoms with Crippen molar-refractivity contribution < 1.29 is 0 Å². The third-order valence-corrected chi connectivity index (χ3v) is 5.05. The molecule has 1 aromatic rings. The smallest absolute Gasteiger partial charge is 0.103 e. The summed E-state index contributed by atoms with van der Waals surface area (Å²) in [5, 5.41) is 3.41. The Labute approximate surface area is 112 Å². The van der Waals surface area contributed by atoms with Gasteiger partial charge in [0.05, 0.1) is 5.69 Å². The van der Waals surface area contributed by atoms with E-state index in [2.05, 4.69) is 38.1 Å². The molecule has 1 atom stereocenters. The van der Waals surface area contributed by atoms with Gasteiger partial charge in [-0.05, 0) is 11.7 Å². The van der Waals surface area contributed by atoms with Crippen LogP contribution < -0.4 is 0 Å². The van der Waals surface area contributed by atoms with Crippen LogP contribution in [0.25, 0.3) is 0 Å². The molecule has 0 saturated heterocycles. The molecular weight excluding hydrogens is 258 g/mol. The normalized spacial score (nSPS) is 14.1. The first-order valence-corrected chi connectivity index (χ1v) is 8.09. The second-order valence-corrected chi connectivity index (χ2v) is 7.43. The zero-order valence-corrected chi connectivity index (χ0v) is 12.8. The van der Waals surface area contributed by atoms with Crippen molar-refractivity contribution in [3.05, 3.63) is 16.1 Å². The number of hydrogen-bond donors (Lipinski definition) is 0. The number of aromatic nitrogens is 1. The Balaban J connectivity index is 2.41. The second kappa shape index (κ2) is 6.27. The summed E-state index contributed by atoms with van der Waals surface area (Å²) in [6, 6.07) is 0. The van der Waals surface area contributed by atoms with Crippen molar-refractivity contribution in [2.24, 2.45) is 5.92 Å². The predicted octanol–water partition coefficient (Wildman–Crippen LogP) is 4.55. The van der Waals surface area contributed by atoms with E-state index in [4.69, 9.17) is 11.6 Å². The van der Waals surface area contributed by atoms with Gasteiger partial charge in [-0.3, -0.25) is 0 Å². The Hall–Kier alpha value is 0.270. The molecule has 1 unspecified atom stereocenters.